The third-order valence-electron chi connectivity index (χ3n) is 5.98. The van der Waals surface area contributed by atoms with E-state index in [0.29, 0.717) is 29.0 Å². The van der Waals surface area contributed by atoms with Gasteiger partial charge >= 0.3 is 0 Å². The highest BCUT2D eigenvalue weighted by Gasteiger charge is 2.51. The number of carbonyl (C=O) groups is 1. The van der Waals surface area contributed by atoms with Crippen molar-refractivity contribution < 1.29 is 4.79 Å². The van der Waals surface area contributed by atoms with Gasteiger partial charge in [-0.1, -0.05) is 25.6 Å². The zero-order valence-electron chi connectivity index (χ0n) is 13.1. The molecule has 5 heteroatoms. The summed E-state index contributed by atoms with van der Waals surface area (Å²) in [6, 6.07) is 1.55. The van der Waals surface area contributed by atoms with Crippen LogP contribution in [0.25, 0.3) is 0 Å². The Kier molecular flexibility index (Phi) is 3.99. The van der Waals surface area contributed by atoms with Gasteiger partial charge in [0.15, 0.2) is 0 Å². The fourth-order valence-electron chi connectivity index (χ4n) is 4.69. The van der Waals surface area contributed by atoms with Crippen LogP contribution in [-0.2, 0) is 4.79 Å². The third-order valence-corrected chi connectivity index (χ3v) is 6.37. The first-order valence-corrected chi connectivity index (χ1v) is 8.66. The van der Waals surface area contributed by atoms with Gasteiger partial charge in [-0.25, -0.2) is 0 Å². The van der Waals surface area contributed by atoms with E-state index >= 15 is 0 Å². The zero-order chi connectivity index (χ0) is 15.2. The molecule has 1 saturated carbocycles. The van der Waals surface area contributed by atoms with Crippen LogP contribution in [0.15, 0.2) is 0 Å². The summed E-state index contributed by atoms with van der Waals surface area (Å²) in [5.41, 5.74) is 5.32. The largest absolute Gasteiger partial charge is 0.392 e. The van der Waals surface area contributed by atoms with Crippen LogP contribution >= 0.6 is 12.2 Å². The molecule has 3 rings (SSSR count). The molecule has 1 aliphatic carbocycles. The van der Waals surface area contributed by atoms with E-state index in [2.05, 4.69) is 24.2 Å². The minimum absolute atomic E-state index is 0.0840. The van der Waals surface area contributed by atoms with Gasteiger partial charge in [-0.05, 0) is 51.5 Å². The molecule has 0 aromatic heterocycles. The predicted octanol–water partition coefficient (Wildman–Crippen LogP) is 1.82. The van der Waals surface area contributed by atoms with Crippen LogP contribution in [0.5, 0.6) is 0 Å². The highest BCUT2D eigenvalue weighted by Crippen LogP contribution is 2.46. The summed E-state index contributed by atoms with van der Waals surface area (Å²) in [4.78, 5) is 15.6. The van der Waals surface area contributed by atoms with Crippen molar-refractivity contribution in [3.63, 3.8) is 0 Å². The molecule has 0 aromatic rings. The lowest BCUT2D eigenvalue weighted by molar-refractivity contribution is -0.134. The van der Waals surface area contributed by atoms with E-state index in [1.165, 1.54) is 19.3 Å². The number of nitrogens with two attached hydrogens (primary N) is 1. The fourth-order valence-corrected chi connectivity index (χ4v) is 4.94. The molecule has 1 amide bonds. The van der Waals surface area contributed by atoms with Gasteiger partial charge < -0.3 is 16.0 Å². The number of fused-ring (bicyclic) bond motifs is 2. The molecule has 2 saturated heterocycles. The Morgan fingerprint density at radius 3 is 2.33 bits per heavy atom. The maximum Gasteiger partial charge on any atom is 0.233 e. The zero-order valence-corrected chi connectivity index (χ0v) is 13.9. The van der Waals surface area contributed by atoms with Gasteiger partial charge in [-0.15, -0.1) is 0 Å². The molecule has 2 unspecified atom stereocenters. The Hall–Kier alpha value is -0.680. The first-order valence-electron chi connectivity index (χ1n) is 8.25. The van der Waals surface area contributed by atoms with Gasteiger partial charge in [-0.2, -0.15) is 0 Å². The van der Waals surface area contributed by atoms with E-state index < -0.39 is 5.41 Å². The van der Waals surface area contributed by atoms with Crippen molar-refractivity contribution in [3.05, 3.63) is 0 Å². The van der Waals surface area contributed by atoms with Crippen LogP contribution in [0.1, 0.15) is 51.9 Å². The molecule has 2 bridgehead atoms. The topological polar surface area (TPSA) is 58.4 Å². The van der Waals surface area contributed by atoms with Crippen LogP contribution in [-0.4, -0.2) is 41.0 Å². The summed E-state index contributed by atoms with van der Waals surface area (Å²) in [5, 5.41) is 3.28. The Morgan fingerprint density at radius 1 is 1.29 bits per heavy atom. The number of piperidine rings is 2. The number of hydrogen-bond acceptors (Lipinski definition) is 3. The summed E-state index contributed by atoms with van der Waals surface area (Å²) < 4.78 is 0. The van der Waals surface area contributed by atoms with Crippen molar-refractivity contribution in [2.45, 2.75) is 70.0 Å². The molecule has 2 heterocycles. The van der Waals surface area contributed by atoms with E-state index in [1.807, 2.05) is 0 Å². The Balaban J connectivity index is 1.64. The van der Waals surface area contributed by atoms with Crippen molar-refractivity contribution in [3.8, 4) is 0 Å². The maximum absolute atomic E-state index is 12.7. The minimum Gasteiger partial charge on any atom is -0.392 e. The summed E-state index contributed by atoms with van der Waals surface area (Å²) in [6.07, 6.45) is 7.62. The normalized spacial score (nSPS) is 43.0. The number of carbonyl (C=O) groups excluding carboxylic acids is 1. The monoisotopic (exact) mass is 309 g/mol. The van der Waals surface area contributed by atoms with Crippen LogP contribution in [0.2, 0.25) is 0 Å². The molecule has 21 heavy (non-hydrogen) atoms. The van der Waals surface area contributed by atoms with Crippen LogP contribution in [0.4, 0.5) is 0 Å². The molecule has 3 aliphatic rings. The van der Waals surface area contributed by atoms with Crippen LogP contribution in [0, 0.1) is 11.3 Å². The first-order chi connectivity index (χ1) is 9.92. The molecule has 2 aliphatic heterocycles. The van der Waals surface area contributed by atoms with Gasteiger partial charge in [0, 0.05) is 18.1 Å². The summed E-state index contributed by atoms with van der Waals surface area (Å²) in [6.45, 7) is 2.16. The molecular formula is C16H27N3OS. The van der Waals surface area contributed by atoms with Crippen molar-refractivity contribution in [2.75, 3.05) is 7.05 Å². The van der Waals surface area contributed by atoms with Gasteiger partial charge in [0.05, 0.1) is 10.4 Å². The first kappa shape index (κ1) is 15.2. The predicted molar refractivity (Wildman–Crippen MR) is 88.0 cm³/mol. The summed E-state index contributed by atoms with van der Waals surface area (Å²) >= 11 is 5.19. The van der Waals surface area contributed by atoms with Crippen molar-refractivity contribution in [1.29, 1.82) is 0 Å². The Morgan fingerprint density at radius 2 is 1.86 bits per heavy atom. The number of hydrogen-bond donors (Lipinski definition) is 2. The van der Waals surface area contributed by atoms with Crippen molar-refractivity contribution in [1.82, 2.24) is 10.2 Å². The van der Waals surface area contributed by atoms with E-state index in [4.69, 9.17) is 18.0 Å². The number of nitrogens with one attached hydrogen (secondary N) is 1. The smallest absolute Gasteiger partial charge is 0.233 e. The SMILES string of the molecule is CC1CC(C(=O)NC2CC3CCCC(C2)N3C)(C(N)=S)C1. The molecule has 0 spiro atoms. The average Bonchev–Trinajstić information content (AvgIpc) is 2.35. The molecule has 118 valence electrons. The molecule has 0 aromatic carbocycles. The summed E-state index contributed by atoms with van der Waals surface area (Å²) in [5.74, 6) is 0.634. The third kappa shape index (κ3) is 2.59. The second-order valence-electron chi connectivity index (χ2n) is 7.51. The second kappa shape index (κ2) is 5.51. The fraction of sp³-hybridized carbons (Fsp3) is 0.875. The van der Waals surface area contributed by atoms with Gasteiger partial charge in [0.25, 0.3) is 0 Å². The highest BCUT2D eigenvalue weighted by molar-refractivity contribution is 7.80. The van der Waals surface area contributed by atoms with E-state index in [-0.39, 0.29) is 5.91 Å². The van der Waals surface area contributed by atoms with E-state index in [1.54, 1.807) is 0 Å². The molecule has 4 nitrogen and oxygen atoms in total. The van der Waals surface area contributed by atoms with Crippen molar-refractivity contribution in [2.24, 2.45) is 17.1 Å². The molecule has 3 fully saturated rings. The average molecular weight is 309 g/mol. The molecule has 3 N–H and O–H groups in total. The number of amides is 1. The lowest BCUT2D eigenvalue weighted by Gasteiger charge is -2.49. The number of nitrogens with zero attached hydrogens (tertiary/aromatic N) is 1. The lowest BCUT2D eigenvalue weighted by atomic mass is 9.61. The van der Waals surface area contributed by atoms with Crippen molar-refractivity contribution >= 4 is 23.1 Å². The molecular weight excluding hydrogens is 282 g/mol. The molecule has 0 radical (unpaired) electrons. The van der Waals surface area contributed by atoms with E-state index in [9.17, 15) is 4.79 Å². The quantitative estimate of drug-likeness (QED) is 0.781. The van der Waals surface area contributed by atoms with Gasteiger partial charge in [0.2, 0.25) is 5.91 Å². The minimum atomic E-state index is -0.562. The Labute approximate surface area is 132 Å². The molecule has 2 atom stereocenters. The lowest BCUT2D eigenvalue weighted by Crippen LogP contribution is -2.61. The van der Waals surface area contributed by atoms with Gasteiger partial charge in [-0.3, -0.25) is 4.79 Å². The van der Waals surface area contributed by atoms with Crippen LogP contribution in [0.3, 0.4) is 0 Å². The second-order valence-corrected chi connectivity index (χ2v) is 7.95. The van der Waals surface area contributed by atoms with Gasteiger partial charge in [0.1, 0.15) is 0 Å². The highest BCUT2D eigenvalue weighted by atomic mass is 32.1. The standard InChI is InChI=1S/C16H27N3OS/c1-10-8-16(9-10,14(17)21)15(20)18-11-6-12-4-3-5-13(7-11)19(12)2/h10-13H,3-9H2,1-2H3,(H2,17,21)(H,18,20). The number of thiocarbonyl (C=S) groups is 1. The maximum atomic E-state index is 12.7. The Bertz CT molecular complexity index is 433. The van der Waals surface area contributed by atoms with E-state index in [0.717, 1.165) is 25.7 Å². The summed E-state index contributed by atoms with van der Waals surface area (Å²) in [7, 11) is 2.23. The van der Waals surface area contributed by atoms with Crippen LogP contribution < -0.4 is 11.1 Å². The number of rotatable bonds is 3.